The first kappa shape index (κ1) is 15.2. The third-order valence-corrected chi connectivity index (χ3v) is 5.50. The average molecular weight is 317 g/mol. The molecule has 1 aromatic rings. The molecule has 1 spiro atoms. The van der Waals surface area contributed by atoms with Crippen LogP contribution in [-0.2, 0) is 10.3 Å². The van der Waals surface area contributed by atoms with Crippen molar-refractivity contribution in [3.8, 4) is 0 Å². The Kier molecular flexibility index (Phi) is 3.34. The molecular formula is C18H27N3O2. The van der Waals surface area contributed by atoms with E-state index in [0.717, 1.165) is 39.1 Å². The van der Waals surface area contributed by atoms with E-state index in [0.29, 0.717) is 11.6 Å². The Labute approximate surface area is 138 Å². The van der Waals surface area contributed by atoms with Crippen LogP contribution in [0.5, 0.6) is 0 Å². The monoisotopic (exact) mass is 317 g/mol. The van der Waals surface area contributed by atoms with E-state index in [4.69, 9.17) is 9.84 Å². The van der Waals surface area contributed by atoms with Crippen molar-refractivity contribution in [2.24, 2.45) is 5.41 Å². The molecule has 3 fully saturated rings. The van der Waals surface area contributed by atoms with E-state index in [9.17, 15) is 4.79 Å². The summed E-state index contributed by atoms with van der Waals surface area (Å²) in [4.78, 5) is 14.9. The number of likely N-dealkylation sites (tertiary alicyclic amines) is 1. The molecule has 0 radical (unpaired) electrons. The fourth-order valence-corrected chi connectivity index (χ4v) is 3.95. The van der Waals surface area contributed by atoms with Gasteiger partial charge in [0.25, 0.3) is 5.91 Å². The second kappa shape index (κ2) is 5.07. The molecular weight excluding hydrogens is 290 g/mol. The summed E-state index contributed by atoms with van der Waals surface area (Å²) in [6, 6.07) is 2.04. The highest BCUT2D eigenvalue weighted by Crippen LogP contribution is 2.42. The molecule has 1 atom stereocenters. The number of hydrogen-bond donors (Lipinski definition) is 0. The van der Waals surface area contributed by atoms with Gasteiger partial charge in [0.2, 0.25) is 0 Å². The second-order valence-corrected chi connectivity index (χ2v) is 8.59. The van der Waals surface area contributed by atoms with E-state index in [1.165, 1.54) is 18.5 Å². The van der Waals surface area contributed by atoms with Gasteiger partial charge in [0.15, 0.2) is 5.69 Å². The molecule has 5 heteroatoms. The molecule has 1 saturated carbocycles. The number of ether oxygens (including phenoxy) is 1. The second-order valence-electron chi connectivity index (χ2n) is 8.59. The Bertz CT molecular complexity index is 619. The number of nitrogens with zero attached hydrogens (tertiary/aromatic N) is 3. The van der Waals surface area contributed by atoms with Gasteiger partial charge in [0.05, 0.1) is 12.1 Å². The van der Waals surface area contributed by atoms with Crippen LogP contribution in [0, 0.1) is 5.41 Å². The standard InChI is InChI=1S/C18H27N3O2/c1-17(2,3)21-15(13-4-5-13)10-14(19-21)16(22)20-8-6-18(11-20)7-9-23-12-18/h10,13H,4-9,11-12H2,1-3H3/t18-/m0/s1. The first-order valence-corrected chi connectivity index (χ1v) is 8.86. The van der Waals surface area contributed by atoms with Crippen molar-refractivity contribution in [1.82, 2.24) is 14.7 Å². The Morgan fingerprint density at radius 2 is 2.13 bits per heavy atom. The molecule has 2 aliphatic heterocycles. The molecule has 126 valence electrons. The lowest BCUT2D eigenvalue weighted by Gasteiger charge is -2.23. The fraction of sp³-hybridized carbons (Fsp3) is 0.778. The van der Waals surface area contributed by atoms with E-state index in [-0.39, 0.29) is 16.9 Å². The first-order valence-electron chi connectivity index (χ1n) is 8.86. The highest BCUT2D eigenvalue weighted by molar-refractivity contribution is 5.92. The van der Waals surface area contributed by atoms with Gasteiger partial charge in [-0.15, -0.1) is 0 Å². The highest BCUT2D eigenvalue weighted by Gasteiger charge is 2.43. The molecule has 3 heterocycles. The third-order valence-electron chi connectivity index (χ3n) is 5.50. The maximum Gasteiger partial charge on any atom is 0.274 e. The molecule has 3 aliphatic rings. The van der Waals surface area contributed by atoms with Crippen LogP contribution in [0.15, 0.2) is 6.07 Å². The van der Waals surface area contributed by atoms with Crippen LogP contribution in [0.4, 0.5) is 0 Å². The van der Waals surface area contributed by atoms with Crippen molar-refractivity contribution >= 4 is 5.91 Å². The molecule has 1 aliphatic carbocycles. The maximum atomic E-state index is 12.9. The molecule has 1 amide bonds. The van der Waals surface area contributed by atoms with Gasteiger partial charge in [0, 0.05) is 36.7 Å². The zero-order valence-corrected chi connectivity index (χ0v) is 14.5. The topological polar surface area (TPSA) is 47.4 Å². The summed E-state index contributed by atoms with van der Waals surface area (Å²) in [6.07, 6.45) is 4.59. The van der Waals surface area contributed by atoms with Crippen LogP contribution in [0.25, 0.3) is 0 Å². The van der Waals surface area contributed by atoms with Gasteiger partial charge >= 0.3 is 0 Å². The van der Waals surface area contributed by atoms with Gasteiger partial charge in [0.1, 0.15) is 0 Å². The van der Waals surface area contributed by atoms with Crippen LogP contribution in [0.3, 0.4) is 0 Å². The van der Waals surface area contributed by atoms with Crippen molar-refractivity contribution in [1.29, 1.82) is 0 Å². The largest absolute Gasteiger partial charge is 0.381 e. The summed E-state index contributed by atoms with van der Waals surface area (Å²) in [5.41, 5.74) is 1.99. The number of hydrogen-bond acceptors (Lipinski definition) is 3. The summed E-state index contributed by atoms with van der Waals surface area (Å²) in [5.74, 6) is 0.690. The zero-order chi connectivity index (χ0) is 16.2. The summed E-state index contributed by atoms with van der Waals surface area (Å²) in [5, 5.41) is 4.70. The van der Waals surface area contributed by atoms with E-state index >= 15 is 0 Å². The lowest BCUT2D eigenvalue weighted by molar-refractivity contribution is 0.0758. The Morgan fingerprint density at radius 1 is 1.35 bits per heavy atom. The molecule has 4 rings (SSSR count). The van der Waals surface area contributed by atoms with Gasteiger partial charge < -0.3 is 9.64 Å². The Morgan fingerprint density at radius 3 is 2.74 bits per heavy atom. The average Bonchev–Trinajstić information content (AvgIpc) is 2.94. The summed E-state index contributed by atoms with van der Waals surface area (Å²) < 4.78 is 7.64. The molecule has 0 unspecified atom stereocenters. The maximum absolute atomic E-state index is 12.9. The molecule has 23 heavy (non-hydrogen) atoms. The summed E-state index contributed by atoms with van der Waals surface area (Å²) >= 11 is 0. The Hall–Kier alpha value is -1.36. The molecule has 0 N–H and O–H groups in total. The van der Waals surface area contributed by atoms with Crippen molar-refractivity contribution in [3.63, 3.8) is 0 Å². The van der Waals surface area contributed by atoms with Crippen LogP contribution in [0.1, 0.15) is 68.6 Å². The van der Waals surface area contributed by atoms with Crippen LogP contribution in [-0.4, -0.2) is 46.9 Å². The van der Waals surface area contributed by atoms with Gasteiger partial charge in [-0.25, -0.2) is 0 Å². The number of amides is 1. The van der Waals surface area contributed by atoms with Gasteiger partial charge in [-0.05, 0) is 52.5 Å². The third kappa shape index (κ3) is 2.69. The molecule has 2 saturated heterocycles. The quantitative estimate of drug-likeness (QED) is 0.842. The van der Waals surface area contributed by atoms with E-state index in [1.54, 1.807) is 0 Å². The molecule has 5 nitrogen and oxygen atoms in total. The predicted molar refractivity (Wildman–Crippen MR) is 87.6 cm³/mol. The lowest BCUT2D eigenvalue weighted by Crippen LogP contribution is -2.33. The van der Waals surface area contributed by atoms with Gasteiger partial charge in [-0.1, -0.05) is 0 Å². The smallest absolute Gasteiger partial charge is 0.274 e. The van der Waals surface area contributed by atoms with E-state index < -0.39 is 0 Å². The van der Waals surface area contributed by atoms with Crippen molar-refractivity contribution < 1.29 is 9.53 Å². The first-order chi connectivity index (χ1) is 10.9. The van der Waals surface area contributed by atoms with Crippen LogP contribution < -0.4 is 0 Å². The van der Waals surface area contributed by atoms with Crippen molar-refractivity contribution in [2.75, 3.05) is 26.3 Å². The molecule has 1 aromatic heterocycles. The van der Waals surface area contributed by atoms with E-state index in [2.05, 4.69) is 25.5 Å². The van der Waals surface area contributed by atoms with Crippen molar-refractivity contribution in [3.05, 3.63) is 17.5 Å². The minimum absolute atomic E-state index is 0.0814. The minimum atomic E-state index is -0.0814. The number of aromatic nitrogens is 2. The molecule has 0 aromatic carbocycles. The predicted octanol–water partition coefficient (Wildman–Crippen LogP) is 2.77. The summed E-state index contributed by atoms with van der Waals surface area (Å²) in [7, 11) is 0. The highest BCUT2D eigenvalue weighted by atomic mass is 16.5. The fourth-order valence-electron chi connectivity index (χ4n) is 3.95. The normalized spacial score (nSPS) is 28.0. The van der Waals surface area contributed by atoms with Gasteiger partial charge in [-0.2, -0.15) is 5.10 Å². The SMILES string of the molecule is CC(C)(C)n1nc(C(=O)N2CC[C@]3(CCOC3)C2)cc1C1CC1. The van der Waals surface area contributed by atoms with Crippen LogP contribution in [0.2, 0.25) is 0 Å². The van der Waals surface area contributed by atoms with Crippen molar-refractivity contribution in [2.45, 2.75) is 57.9 Å². The van der Waals surface area contributed by atoms with Gasteiger partial charge in [-0.3, -0.25) is 9.48 Å². The number of rotatable bonds is 2. The lowest BCUT2D eigenvalue weighted by atomic mass is 9.87. The molecule has 0 bridgehead atoms. The number of carbonyl (C=O) groups is 1. The zero-order valence-electron chi connectivity index (χ0n) is 14.5. The Balaban J connectivity index is 1.57. The number of carbonyl (C=O) groups excluding carboxylic acids is 1. The van der Waals surface area contributed by atoms with E-state index in [1.807, 2.05) is 11.0 Å². The summed E-state index contributed by atoms with van der Waals surface area (Å²) in [6.45, 7) is 9.77. The van der Waals surface area contributed by atoms with Crippen LogP contribution >= 0.6 is 0 Å². The minimum Gasteiger partial charge on any atom is -0.381 e.